The van der Waals surface area contributed by atoms with Gasteiger partial charge in [0.2, 0.25) is 0 Å². The predicted octanol–water partition coefficient (Wildman–Crippen LogP) is 3.04. The summed E-state index contributed by atoms with van der Waals surface area (Å²) in [5.41, 5.74) is 2.38. The van der Waals surface area contributed by atoms with Crippen LogP contribution >= 0.6 is 11.6 Å². The lowest BCUT2D eigenvalue weighted by Gasteiger charge is -2.15. The van der Waals surface area contributed by atoms with Crippen LogP contribution in [0, 0.1) is 0 Å². The molecule has 2 aromatic carbocycles. The molecular weight excluding hydrogens is 300 g/mol. The molecule has 22 heavy (non-hydrogen) atoms. The molecule has 4 nitrogen and oxygen atoms in total. The molecule has 0 saturated carbocycles. The molecule has 0 spiro atoms. The van der Waals surface area contributed by atoms with Crippen LogP contribution in [0.25, 0.3) is 0 Å². The van der Waals surface area contributed by atoms with Crippen molar-refractivity contribution < 1.29 is 9.90 Å². The second kappa shape index (κ2) is 7.29. The molecule has 2 rings (SSSR count). The van der Waals surface area contributed by atoms with Crippen LogP contribution < -0.4 is 5.32 Å². The Hall–Kier alpha value is -2.04. The third-order valence-corrected chi connectivity index (χ3v) is 3.48. The molecule has 2 aromatic rings. The lowest BCUT2D eigenvalue weighted by molar-refractivity contribution is 0.0948. The highest BCUT2D eigenvalue weighted by Crippen LogP contribution is 2.21. The van der Waals surface area contributed by atoms with Gasteiger partial charge < -0.3 is 15.3 Å². The van der Waals surface area contributed by atoms with E-state index in [0.717, 1.165) is 17.7 Å². The Morgan fingerprint density at radius 2 is 1.86 bits per heavy atom. The first-order valence-electron chi connectivity index (χ1n) is 6.95. The second-order valence-corrected chi connectivity index (χ2v) is 5.79. The van der Waals surface area contributed by atoms with Gasteiger partial charge in [-0.3, -0.25) is 4.79 Å². The Morgan fingerprint density at radius 3 is 2.55 bits per heavy atom. The molecule has 0 atom stereocenters. The standard InChI is InChI=1S/C17H19ClN2O2/c1-20(2)11-13-6-4-3-5-12(13)10-19-17(22)15-9-14(18)7-8-16(15)21/h3-9,21H,10-11H2,1-2H3,(H,19,22). The molecule has 0 aromatic heterocycles. The number of carbonyl (C=O) groups is 1. The van der Waals surface area contributed by atoms with Crippen molar-refractivity contribution in [3.05, 3.63) is 64.2 Å². The Balaban J connectivity index is 2.10. The van der Waals surface area contributed by atoms with Gasteiger partial charge in [0.1, 0.15) is 5.75 Å². The molecule has 2 N–H and O–H groups in total. The topological polar surface area (TPSA) is 52.6 Å². The van der Waals surface area contributed by atoms with Gasteiger partial charge in [-0.2, -0.15) is 0 Å². The molecule has 0 saturated heterocycles. The number of nitrogens with zero attached hydrogens (tertiary/aromatic N) is 1. The number of phenols is 1. The predicted molar refractivity (Wildman–Crippen MR) is 88.1 cm³/mol. The number of hydrogen-bond acceptors (Lipinski definition) is 3. The third kappa shape index (κ3) is 4.23. The normalized spacial score (nSPS) is 10.7. The average molecular weight is 319 g/mol. The largest absolute Gasteiger partial charge is 0.507 e. The van der Waals surface area contributed by atoms with Crippen LogP contribution in [0.3, 0.4) is 0 Å². The van der Waals surface area contributed by atoms with Crippen LogP contribution in [-0.2, 0) is 13.1 Å². The van der Waals surface area contributed by atoms with Crippen LogP contribution in [0.1, 0.15) is 21.5 Å². The lowest BCUT2D eigenvalue weighted by Crippen LogP contribution is -2.24. The van der Waals surface area contributed by atoms with Gasteiger partial charge in [-0.15, -0.1) is 0 Å². The average Bonchev–Trinajstić information content (AvgIpc) is 2.48. The molecule has 0 radical (unpaired) electrons. The van der Waals surface area contributed by atoms with Gasteiger partial charge in [0.15, 0.2) is 0 Å². The maximum absolute atomic E-state index is 12.2. The Labute approximate surface area is 135 Å². The summed E-state index contributed by atoms with van der Waals surface area (Å²) < 4.78 is 0. The van der Waals surface area contributed by atoms with Gasteiger partial charge in [-0.25, -0.2) is 0 Å². The van der Waals surface area contributed by atoms with E-state index in [2.05, 4.69) is 10.2 Å². The first-order valence-corrected chi connectivity index (χ1v) is 7.33. The summed E-state index contributed by atoms with van der Waals surface area (Å²) in [6.07, 6.45) is 0. The maximum atomic E-state index is 12.2. The number of rotatable bonds is 5. The Kier molecular flexibility index (Phi) is 5.41. The summed E-state index contributed by atoms with van der Waals surface area (Å²) >= 11 is 5.86. The molecule has 0 heterocycles. The summed E-state index contributed by atoms with van der Waals surface area (Å²) in [5.74, 6) is -0.428. The maximum Gasteiger partial charge on any atom is 0.255 e. The molecule has 0 aliphatic heterocycles. The molecule has 0 unspecified atom stereocenters. The van der Waals surface area contributed by atoms with Gasteiger partial charge >= 0.3 is 0 Å². The van der Waals surface area contributed by atoms with Crippen LogP contribution in [0.15, 0.2) is 42.5 Å². The molecular formula is C17H19ClN2O2. The summed E-state index contributed by atoms with van der Waals surface area (Å²) in [4.78, 5) is 14.3. The van der Waals surface area contributed by atoms with Gasteiger partial charge in [-0.05, 0) is 43.4 Å². The minimum atomic E-state index is -0.348. The summed E-state index contributed by atoms with van der Waals surface area (Å²) in [7, 11) is 4.00. The van der Waals surface area contributed by atoms with E-state index in [0.29, 0.717) is 11.6 Å². The Bertz CT molecular complexity index is 671. The van der Waals surface area contributed by atoms with E-state index in [1.54, 1.807) is 6.07 Å². The molecule has 0 bridgehead atoms. The highest BCUT2D eigenvalue weighted by atomic mass is 35.5. The van der Waals surface area contributed by atoms with E-state index in [-0.39, 0.29) is 17.2 Å². The second-order valence-electron chi connectivity index (χ2n) is 5.35. The minimum absolute atomic E-state index is 0.0801. The number of hydrogen-bond donors (Lipinski definition) is 2. The first-order chi connectivity index (χ1) is 10.5. The van der Waals surface area contributed by atoms with Gasteiger partial charge in [0.05, 0.1) is 5.56 Å². The van der Waals surface area contributed by atoms with Crippen LogP contribution in [0.2, 0.25) is 5.02 Å². The van der Waals surface area contributed by atoms with Gasteiger partial charge in [0, 0.05) is 18.1 Å². The zero-order valence-corrected chi connectivity index (χ0v) is 13.4. The zero-order valence-electron chi connectivity index (χ0n) is 12.6. The summed E-state index contributed by atoms with van der Waals surface area (Å²) in [6.45, 7) is 1.20. The molecule has 0 fully saturated rings. The summed E-state index contributed by atoms with van der Waals surface area (Å²) in [5, 5.41) is 13.0. The zero-order chi connectivity index (χ0) is 16.1. The minimum Gasteiger partial charge on any atom is -0.507 e. The van der Waals surface area contributed by atoms with Gasteiger partial charge in [-0.1, -0.05) is 35.9 Å². The number of nitrogens with one attached hydrogen (secondary N) is 1. The Morgan fingerprint density at radius 1 is 1.18 bits per heavy atom. The number of amides is 1. The van der Waals surface area contributed by atoms with Crippen LogP contribution in [0.4, 0.5) is 0 Å². The first kappa shape index (κ1) is 16.3. The van der Waals surface area contributed by atoms with Crippen molar-refractivity contribution in [3.63, 3.8) is 0 Å². The lowest BCUT2D eigenvalue weighted by atomic mass is 10.1. The molecule has 116 valence electrons. The number of aromatic hydroxyl groups is 1. The number of phenolic OH excluding ortho intramolecular Hbond substituents is 1. The smallest absolute Gasteiger partial charge is 0.255 e. The fourth-order valence-corrected chi connectivity index (χ4v) is 2.36. The van der Waals surface area contributed by atoms with Crippen molar-refractivity contribution in [2.75, 3.05) is 14.1 Å². The molecule has 5 heteroatoms. The summed E-state index contributed by atoms with van der Waals surface area (Å²) in [6, 6.07) is 12.4. The third-order valence-electron chi connectivity index (χ3n) is 3.25. The number of halogens is 1. The van der Waals surface area contributed by atoms with Crippen molar-refractivity contribution in [2.24, 2.45) is 0 Å². The van der Waals surface area contributed by atoms with Gasteiger partial charge in [0.25, 0.3) is 5.91 Å². The van der Waals surface area contributed by atoms with Crippen molar-refractivity contribution in [3.8, 4) is 5.75 Å². The van der Waals surface area contributed by atoms with E-state index >= 15 is 0 Å². The van der Waals surface area contributed by atoms with E-state index in [4.69, 9.17) is 11.6 Å². The van der Waals surface area contributed by atoms with Crippen molar-refractivity contribution in [2.45, 2.75) is 13.1 Å². The van der Waals surface area contributed by atoms with E-state index < -0.39 is 0 Å². The quantitative estimate of drug-likeness (QED) is 0.891. The highest BCUT2D eigenvalue weighted by Gasteiger charge is 2.12. The fraction of sp³-hybridized carbons (Fsp3) is 0.235. The van der Waals surface area contributed by atoms with Crippen LogP contribution in [-0.4, -0.2) is 30.0 Å². The van der Waals surface area contributed by atoms with Crippen molar-refractivity contribution >= 4 is 17.5 Å². The molecule has 0 aliphatic carbocycles. The highest BCUT2D eigenvalue weighted by molar-refractivity contribution is 6.31. The number of benzene rings is 2. The van der Waals surface area contributed by atoms with E-state index in [1.807, 2.05) is 38.4 Å². The van der Waals surface area contributed by atoms with E-state index in [9.17, 15) is 9.90 Å². The van der Waals surface area contributed by atoms with Crippen molar-refractivity contribution in [1.29, 1.82) is 0 Å². The van der Waals surface area contributed by atoms with Crippen molar-refractivity contribution in [1.82, 2.24) is 10.2 Å². The van der Waals surface area contributed by atoms with Crippen LogP contribution in [0.5, 0.6) is 5.75 Å². The van der Waals surface area contributed by atoms with E-state index in [1.165, 1.54) is 12.1 Å². The SMILES string of the molecule is CN(C)Cc1ccccc1CNC(=O)c1cc(Cl)ccc1O. The molecule has 1 amide bonds. The monoisotopic (exact) mass is 318 g/mol. The molecule has 0 aliphatic rings. The number of carbonyl (C=O) groups excluding carboxylic acids is 1. The fourth-order valence-electron chi connectivity index (χ4n) is 2.19.